The first-order chi connectivity index (χ1) is 8.61. The van der Waals surface area contributed by atoms with Gasteiger partial charge in [0.1, 0.15) is 18.9 Å². The lowest BCUT2D eigenvalue weighted by Crippen LogP contribution is -3.07. The molecule has 1 aromatic rings. The number of benzene rings is 1. The highest BCUT2D eigenvalue weighted by molar-refractivity contribution is 5.73. The van der Waals surface area contributed by atoms with Crippen molar-refractivity contribution < 1.29 is 14.4 Å². The van der Waals surface area contributed by atoms with Gasteiger partial charge in [0.25, 0.3) is 0 Å². The second-order valence-electron chi connectivity index (χ2n) is 4.34. The lowest BCUT2D eigenvalue weighted by molar-refractivity contribution is -0.893. The molecule has 4 heteroatoms. The summed E-state index contributed by atoms with van der Waals surface area (Å²) in [5.41, 5.74) is 6.33. The van der Waals surface area contributed by atoms with Crippen LogP contribution < -0.4 is 15.4 Å². The fourth-order valence-electron chi connectivity index (χ4n) is 1.63. The van der Waals surface area contributed by atoms with Crippen molar-refractivity contribution in [2.75, 3.05) is 20.2 Å². The molecule has 0 bridgehead atoms. The summed E-state index contributed by atoms with van der Waals surface area (Å²) in [7, 11) is 2.05. The smallest absolute Gasteiger partial charge is 0.223 e. The number of hydrogen-bond acceptors (Lipinski definition) is 2. The average molecular weight is 249 g/mol. The third kappa shape index (κ3) is 5.50. The van der Waals surface area contributed by atoms with Crippen LogP contribution in [-0.2, 0) is 11.3 Å². The molecule has 0 radical (unpaired) electrons. The molecule has 98 valence electrons. The Labute approximate surface area is 108 Å². The fraction of sp³-hybridized carbons (Fsp3) is 0.357. The molecular weight excluding hydrogens is 228 g/mol. The highest BCUT2D eigenvalue weighted by atomic mass is 16.5. The number of rotatable bonds is 8. The molecule has 4 nitrogen and oxygen atoms in total. The molecular formula is C14H21N2O2+. The number of nitrogens with two attached hydrogens (primary N) is 1. The Morgan fingerprint density at radius 2 is 2.11 bits per heavy atom. The highest BCUT2D eigenvalue weighted by Crippen LogP contribution is 2.11. The SMILES string of the molecule is C=CCOc1ccc(C[NH+](C)CCC(N)=O)cc1. The summed E-state index contributed by atoms with van der Waals surface area (Å²) in [5, 5.41) is 0. The van der Waals surface area contributed by atoms with Crippen molar-refractivity contribution in [1.82, 2.24) is 0 Å². The van der Waals surface area contributed by atoms with Gasteiger partial charge in [0.15, 0.2) is 0 Å². The van der Waals surface area contributed by atoms with Crippen LogP contribution in [0.3, 0.4) is 0 Å². The maximum Gasteiger partial charge on any atom is 0.223 e. The Bertz CT molecular complexity index is 387. The minimum absolute atomic E-state index is 0.248. The summed E-state index contributed by atoms with van der Waals surface area (Å²) in [5.74, 6) is 0.593. The van der Waals surface area contributed by atoms with Gasteiger partial charge in [0.2, 0.25) is 5.91 Å². The summed E-state index contributed by atoms with van der Waals surface area (Å²) in [4.78, 5) is 11.9. The zero-order valence-corrected chi connectivity index (χ0v) is 10.8. The van der Waals surface area contributed by atoms with Crippen molar-refractivity contribution in [3.63, 3.8) is 0 Å². The minimum Gasteiger partial charge on any atom is -0.490 e. The van der Waals surface area contributed by atoms with E-state index in [0.717, 1.165) is 18.8 Å². The van der Waals surface area contributed by atoms with E-state index in [-0.39, 0.29) is 5.91 Å². The topological polar surface area (TPSA) is 56.8 Å². The molecule has 1 rings (SSSR count). The van der Waals surface area contributed by atoms with Crippen LogP contribution in [0.25, 0.3) is 0 Å². The average Bonchev–Trinajstić information content (AvgIpc) is 2.35. The van der Waals surface area contributed by atoms with Gasteiger partial charge >= 0.3 is 0 Å². The maximum absolute atomic E-state index is 10.7. The second-order valence-corrected chi connectivity index (χ2v) is 4.34. The molecule has 0 aliphatic heterocycles. The van der Waals surface area contributed by atoms with Crippen LogP contribution in [0.4, 0.5) is 0 Å². The van der Waals surface area contributed by atoms with Gasteiger partial charge in [-0.05, 0) is 24.3 Å². The molecule has 1 aromatic carbocycles. The highest BCUT2D eigenvalue weighted by Gasteiger charge is 2.05. The molecule has 1 unspecified atom stereocenters. The van der Waals surface area contributed by atoms with E-state index < -0.39 is 0 Å². The molecule has 0 saturated carbocycles. The van der Waals surface area contributed by atoms with E-state index in [1.54, 1.807) is 6.08 Å². The Hall–Kier alpha value is -1.81. The quantitative estimate of drug-likeness (QED) is 0.644. The number of carbonyl (C=O) groups excluding carboxylic acids is 1. The molecule has 0 spiro atoms. The summed E-state index contributed by atoms with van der Waals surface area (Å²) in [6.07, 6.45) is 2.14. The summed E-state index contributed by atoms with van der Waals surface area (Å²) < 4.78 is 5.41. The number of amides is 1. The van der Waals surface area contributed by atoms with Crippen LogP contribution >= 0.6 is 0 Å². The third-order valence-electron chi connectivity index (χ3n) is 2.60. The molecule has 0 aliphatic carbocycles. The monoisotopic (exact) mass is 249 g/mol. The fourth-order valence-corrected chi connectivity index (χ4v) is 1.63. The molecule has 0 aromatic heterocycles. The van der Waals surface area contributed by atoms with Crippen LogP contribution in [0.2, 0.25) is 0 Å². The first-order valence-corrected chi connectivity index (χ1v) is 6.04. The lowest BCUT2D eigenvalue weighted by atomic mass is 10.2. The Morgan fingerprint density at radius 3 is 2.67 bits per heavy atom. The van der Waals surface area contributed by atoms with Crippen LogP contribution in [0.1, 0.15) is 12.0 Å². The molecule has 0 saturated heterocycles. The van der Waals surface area contributed by atoms with Gasteiger partial charge in [-0.25, -0.2) is 0 Å². The van der Waals surface area contributed by atoms with Crippen LogP contribution in [0.5, 0.6) is 5.75 Å². The van der Waals surface area contributed by atoms with E-state index in [2.05, 4.69) is 6.58 Å². The number of quaternary nitrogens is 1. The van der Waals surface area contributed by atoms with Gasteiger partial charge in [-0.15, -0.1) is 0 Å². The molecule has 0 heterocycles. The minimum atomic E-state index is -0.248. The van der Waals surface area contributed by atoms with Gasteiger partial charge in [-0.1, -0.05) is 12.7 Å². The van der Waals surface area contributed by atoms with E-state index in [1.807, 2.05) is 31.3 Å². The van der Waals surface area contributed by atoms with Gasteiger partial charge in [0, 0.05) is 5.56 Å². The first-order valence-electron chi connectivity index (χ1n) is 6.04. The normalized spacial score (nSPS) is 11.8. The van der Waals surface area contributed by atoms with Crippen molar-refractivity contribution in [3.05, 3.63) is 42.5 Å². The zero-order chi connectivity index (χ0) is 13.4. The lowest BCUT2D eigenvalue weighted by Gasteiger charge is -2.13. The second kappa shape index (κ2) is 7.50. The summed E-state index contributed by atoms with van der Waals surface area (Å²) in [6, 6.07) is 7.96. The van der Waals surface area contributed by atoms with E-state index in [1.165, 1.54) is 10.5 Å². The van der Waals surface area contributed by atoms with E-state index in [0.29, 0.717) is 13.0 Å². The number of carbonyl (C=O) groups is 1. The van der Waals surface area contributed by atoms with Crippen LogP contribution in [0.15, 0.2) is 36.9 Å². The predicted octanol–water partition coefficient (Wildman–Crippen LogP) is 0.142. The third-order valence-corrected chi connectivity index (χ3v) is 2.60. The van der Waals surface area contributed by atoms with Gasteiger partial charge in [0.05, 0.1) is 20.0 Å². The number of primary amides is 1. The zero-order valence-electron chi connectivity index (χ0n) is 10.8. The molecule has 1 amide bonds. The Morgan fingerprint density at radius 1 is 1.44 bits per heavy atom. The van der Waals surface area contributed by atoms with Crippen molar-refractivity contribution in [2.45, 2.75) is 13.0 Å². The predicted molar refractivity (Wildman–Crippen MR) is 71.4 cm³/mol. The van der Waals surface area contributed by atoms with Crippen molar-refractivity contribution >= 4 is 5.91 Å². The molecule has 18 heavy (non-hydrogen) atoms. The van der Waals surface area contributed by atoms with Crippen molar-refractivity contribution in [2.24, 2.45) is 5.73 Å². The molecule has 0 fully saturated rings. The molecule has 0 aliphatic rings. The van der Waals surface area contributed by atoms with E-state index in [4.69, 9.17) is 10.5 Å². The largest absolute Gasteiger partial charge is 0.490 e. The number of hydrogen-bond donors (Lipinski definition) is 2. The summed E-state index contributed by atoms with van der Waals surface area (Å²) in [6.45, 7) is 5.74. The number of ether oxygens (including phenoxy) is 1. The number of nitrogens with one attached hydrogen (secondary N) is 1. The van der Waals surface area contributed by atoms with Gasteiger partial charge < -0.3 is 15.4 Å². The van der Waals surface area contributed by atoms with Crippen LogP contribution in [-0.4, -0.2) is 26.1 Å². The van der Waals surface area contributed by atoms with Gasteiger partial charge in [-0.3, -0.25) is 4.79 Å². The van der Waals surface area contributed by atoms with Gasteiger partial charge in [-0.2, -0.15) is 0 Å². The first kappa shape index (κ1) is 14.3. The summed E-state index contributed by atoms with van der Waals surface area (Å²) >= 11 is 0. The molecule has 1 atom stereocenters. The molecule has 3 N–H and O–H groups in total. The van der Waals surface area contributed by atoms with Crippen molar-refractivity contribution in [1.29, 1.82) is 0 Å². The standard InChI is InChI=1S/C14H20N2O2/c1-3-10-18-13-6-4-12(5-7-13)11-16(2)9-8-14(15)17/h3-7H,1,8-11H2,2H3,(H2,15,17)/p+1. The Balaban J connectivity index is 2.42. The van der Waals surface area contributed by atoms with Crippen molar-refractivity contribution in [3.8, 4) is 5.75 Å². The maximum atomic E-state index is 10.7. The van der Waals surface area contributed by atoms with E-state index >= 15 is 0 Å². The van der Waals surface area contributed by atoms with E-state index in [9.17, 15) is 4.79 Å². The Kier molecular flexibility index (Phi) is 5.94. The van der Waals surface area contributed by atoms with Crippen LogP contribution in [0, 0.1) is 0 Å².